The number of carbonyl (C=O) groups excluding carboxylic acids is 1. The van der Waals surface area contributed by atoms with Crippen LogP contribution in [0.2, 0.25) is 0 Å². The van der Waals surface area contributed by atoms with Crippen molar-refractivity contribution in [1.29, 1.82) is 0 Å². The summed E-state index contributed by atoms with van der Waals surface area (Å²) < 4.78 is 39.7. The third-order valence-corrected chi connectivity index (χ3v) is 2.86. The van der Waals surface area contributed by atoms with Crippen LogP contribution in [0.1, 0.15) is 15.9 Å². The highest BCUT2D eigenvalue weighted by molar-refractivity contribution is 6.05. The van der Waals surface area contributed by atoms with Gasteiger partial charge in [0.25, 0.3) is 5.91 Å². The molecule has 0 saturated carbocycles. The Bertz CT molecular complexity index is 663. The molecule has 0 aliphatic carbocycles. The lowest BCUT2D eigenvalue weighted by atomic mass is 10.1. The average molecular weight is 280 g/mol. The summed E-state index contributed by atoms with van der Waals surface area (Å²) in [4.78, 5) is 11.9. The summed E-state index contributed by atoms with van der Waals surface area (Å²) in [6.07, 6.45) is 0. The van der Waals surface area contributed by atoms with Gasteiger partial charge < -0.3 is 11.1 Å². The van der Waals surface area contributed by atoms with Crippen molar-refractivity contribution in [2.24, 2.45) is 0 Å². The number of hydrogen-bond acceptors (Lipinski definition) is 2. The summed E-state index contributed by atoms with van der Waals surface area (Å²) in [5.41, 5.74) is 6.16. The van der Waals surface area contributed by atoms with Crippen LogP contribution in [0.3, 0.4) is 0 Å². The Morgan fingerprint density at radius 3 is 2.35 bits per heavy atom. The van der Waals surface area contributed by atoms with Crippen molar-refractivity contribution in [2.75, 3.05) is 11.1 Å². The van der Waals surface area contributed by atoms with Gasteiger partial charge in [-0.05, 0) is 24.6 Å². The standard InChI is InChI=1S/C14H11F3N2O/c1-7-11(18)3-2-4-12(7)19-14(20)13-9(16)5-8(15)6-10(13)17/h2-6H,18H2,1H3,(H,19,20). The van der Waals surface area contributed by atoms with E-state index in [0.29, 0.717) is 29.1 Å². The van der Waals surface area contributed by atoms with Crippen molar-refractivity contribution in [3.63, 3.8) is 0 Å². The van der Waals surface area contributed by atoms with Crippen LogP contribution in [0.4, 0.5) is 24.5 Å². The van der Waals surface area contributed by atoms with E-state index in [0.717, 1.165) is 0 Å². The molecule has 0 radical (unpaired) electrons. The van der Waals surface area contributed by atoms with Gasteiger partial charge >= 0.3 is 0 Å². The van der Waals surface area contributed by atoms with E-state index >= 15 is 0 Å². The van der Waals surface area contributed by atoms with Crippen LogP contribution in [0.25, 0.3) is 0 Å². The largest absolute Gasteiger partial charge is 0.398 e. The van der Waals surface area contributed by atoms with Gasteiger partial charge in [0.2, 0.25) is 0 Å². The average Bonchev–Trinajstić information content (AvgIpc) is 2.33. The molecule has 0 saturated heterocycles. The first kappa shape index (κ1) is 13.9. The van der Waals surface area contributed by atoms with Crippen molar-refractivity contribution in [3.8, 4) is 0 Å². The molecule has 0 aromatic heterocycles. The Morgan fingerprint density at radius 2 is 1.75 bits per heavy atom. The van der Waals surface area contributed by atoms with Gasteiger partial charge in [-0.25, -0.2) is 13.2 Å². The van der Waals surface area contributed by atoms with Gasteiger partial charge in [-0.2, -0.15) is 0 Å². The van der Waals surface area contributed by atoms with Crippen molar-refractivity contribution in [2.45, 2.75) is 6.92 Å². The fraction of sp³-hybridized carbons (Fsp3) is 0.0714. The van der Waals surface area contributed by atoms with Crippen LogP contribution in [-0.4, -0.2) is 5.91 Å². The molecule has 2 aromatic carbocycles. The normalized spacial score (nSPS) is 10.4. The van der Waals surface area contributed by atoms with Crippen LogP contribution >= 0.6 is 0 Å². The Labute approximate surface area is 113 Å². The van der Waals surface area contributed by atoms with Crippen molar-refractivity contribution in [3.05, 3.63) is 58.9 Å². The van der Waals surface area contributed by atoms with Crippen LogP contribution in [-0.2, 0) is 0 Å². The van der Waals surface area contributed by atoms with Gasteiger partial charge in [0.1, 0.15) is 23.0 Å². The first-order valence-electron chi connectivity index (χ1n) is 5.71. The predicted octanol–water partition coefficient (Wildman–Crippen LogP) is 3.25. The molecule has 0 atom stereocenters. The summed E-state index contributed by atoms with van der Waals surface area (Å²) in [6, 6.07) is 5.66. The second-order valence-corrected chi connectivity index (χ2v) is 4.22. The molecule has 0 fully saturated rings. The summed E-state index contributed by atoms with van der Waals surface area (Å²) in [6.45, 7) is 1.66. The van der Waals surface area contributed by atoms with E-state index in [1.807, 2.05) is 0 Å². The number of benzene rings is 2. The Kier molecular flexibility index (Phi) is 3.65. The number of halogens is 3. The minimum absolute atomic E-state index is 0.332. The number of nitrogen functional groups attached to an aromatic ring is 1. The molecule has 0 unspecified atom stereocenters. The minimum atomic E-state index is -1.26. The Hall–Kier alpha value is -2.50. The molecule has 3 nitrogen and oxygen atoms in total. The predicted molar refractivity (Wildman–Crippen MR) is 69.9 cm³/mol. The fourth-order valence-electron chi connectivity index (χ4n) is 1.73. The van der Waals surface area contributed by atoms with Gasteiger partial charge in [-0.15, -0.1) is 0 Å². The molecular weight excluding hydrogens is 269 g/mol. The van der Waals surface area contributed by atoms with Crippen molar-refractivity contribution >= 4 is 17.3 Å². The summed E-state index contributed by atoms with van der Waals surface area (Å²) in [7, 11) is 0. The molecule has 2 aromatic rings. The number of nitrogens with two attached hydrogens (primary N) is 1. The lowest BCUT2D eigenvalue weighted by Crippen LogP contribution is -2.17. The molecule has 6 heteroatoms. The maximum atomic E-state index is 13.5. The summed E-state index contributed by atoms with van der Waals surface area (Å²) in [5.74, 6) is -4.62. The van der Waals surface area contributed by atoms with Crippen LogP contribution in [0.5, 0.6) is 0 Å². The van der Waals surface area contributed by atoms with Gasteiger partial charge in [0.05, 0.1) is 0 Å². The highest BCUT2D eigenvalue weighted by atomic mass is 19.1. The summed E-state index contributed by atoms with van der Waals surface area (Å²) >= 11 is 0. The van der Waals surface area contributed by atoms with Crippen LogP contribution in [0.15, 0.2) is 30.3 Å². The van der Waals surface area contributed by atoms with E-state index in [4.69, 9.17) is 5.73 Å². The van der Waals surface area contributed by atoms with Crippen molar-refractivity contribution in [1.82, 2.24) is 0 Å². The number of nitrogens with one attached hydrogen (secondary N) is 1. The summed E-state index contributed by atoms with van der Waals surface area (Å²) in [5, 5.41) is 2.35. The molecule has 20 heavy (non-hydrogen) atoms. The van der Waals surface area contributed by atoms with Gasteiger partial charge in [0, 0.05) is 23.5 Å². The molecule has 0 spiro atoms. The second kappa shape index (κ2) is 5.24. The van der Waals surface area contributed by atoms with Crippen molar-refractivity contribution < 1.29 is 18.0 Å². The third kappa shape index (κ3) is 2.59. The van der Waals surface area contributed by atoms with Crippen LogP contribution < -0.4 is 11.1 Å². The monoisotopic (exact) mass is 280 g/mol. The van der Waals surface area contributed by atoms with Crippen LogP contribution in [0, 0.1) is 24.4 Å². The third-order valence-electron chi connectivity index (χ3n) is 2.86. The first-order chi connectivity index (χ1) is 9.40. The van der Waals surface area contributed by atoms with E-state index in [1.165, 1.54) is 0 Å². The highest BCUT2D eigenvalue weighted by Crippen LogP contribution is 2.22. The number of hydrogen-bond donors (Lipinski definition) is 2. The fourth-order valence-corrected chi connectivity index (χ4v) is 1.73. The van der Waals surface area contributed by atoms with Gasteiger partial charge in [0.15, 0.2) is 0 Å². The molecule has 0 heterocycles. The highest BCUT2D eigenvalue weighted by Gasteiger charge is 2.19. The van der Waals surface area contributed by atoms with E-state index in [1.54, 1.807) is 25.1 Å². The number of carbonyl (C=O) groups is 1. The van der Waals surface area contributed by atoms with E-state index in [2.05, 4.69) is 5.32 Å². The zero-order chi connectivity index (χ0) is 14.9. The SMILES string of the molecule is Cc1c(N)cccc1NC(=O)c1c(F)cc(F)cc1F. The maximum absolute atomic E-state index is 13.5. The minimum Gasteiger partial charge on any atom is -0.398 e. The zero-order valence-electron chi connectivity index (χ0n) is 10.5. The molecule has 0 bridgehead atoms. The molecule has 2 rings (SSSR count). The topological polar surface area (TPSA) is 55.1 Å². The smallest absolute Gasteiger partial charge is 0.261 e. The number of rotatable bonds is 2. The maximum Gasteiger partial charge on any atom is 0.261 e. The van der Waals surface area contributed by atoms with E-state index in [-0.39, 0.29) is 0 Å². The number of anilines is 2. The quantitative estimate of drug-likeness (QED) is 0.830. The lowest BCUT2D eigenvalue weighted by molar-refractivity contribution is 0.101. The van der Waals surface area contributed by atoms with Gasteiger partial charge in [-0.1, -0.05) is 6.07 Å². The van der Waals surface area contributed by atoms with Gasteiger partial charge in [-0.3, -0.25) is 4.79 Å². The molecule has 0 aliphatic rings. The zero-order valence-corrected chi connectivity index (χ0v) is 10.5. The molecule has 104 valence electrons. The Balaban J connectivity index is 2.36. The second-order valence-electron chi connectivity index (χ2n) is 4.22. The van der Waals surface area contributed by atoms with E-state index in [9.17, 15) is 18.0 Å². The molecular formula is C14H11F3N2O. The van der Waals surface area contributed by atoms with E-state index < -0.39 is 28.9 Å². The Morgan fingerprint density at radius 1 is 1.15 bits per heavy atom. The first-order valence-corrected chi connectivity index (χ1v) is 5.71. The molecule has 1 amide bonds. The lowest BCUT2D eigenvalue weighted by Gasteiger charge is -2.11. The number of amides is 1. The molecule has 3 N–H and O–H groups in total. The molecule has 0 aliphatic heterocycles.